The molecule has 92 valence electrons. The lowest BCUT2D eigenvalue weighted by Crippen LogP contribution is -2.27. The molecule has 1 aliphatic rings. The van der Waals surface area contributed by atoms with Crippen LogP contribution in [0.5, 0.6) is 0 Å². The lowest BCUT2D eigenvalue weighted by Gasteiger charge is -2.13. The summed E-state index contributed by atoms with van der Waals surface area (Å²) in [6.07, 6.45) is 1.64. The van der Waals surface area contributed by atoms with E-state index in [1.54, 1.807) is 0 Å². The van der Waals surface area contributed by atoms with Crippen LogP contribution >= 0.6 is 0 Å². The first-order valence-electron chi connectivity index (χ1n) is 4.87. The molecule has 2 heterocycles. The van der Waals surface area contributed by atoms with Crippen molar-refractivity contribution in [2.45, 2.75) is 11.4 Å². The first-order valence-corrected chi connectivity index (χ1v) is 6.31. The van der Waals surface area contributed by atoms with Crippen molar-refractivity contribution in [2.24, 2.45) is 0 Å². The molecule has 0 spiro atoms. The molecule has 0 bridgehead atoms. The van der Waals surface area contributed by atoms with Gasteiger partial charge in [-0.1, -0.05) is 4.47 Å². The molecule has 0 atom stereocenters. The quantitative estimate of drug-likeness (QED) is 0.826. The van der Waals surface area contributed by atoms with E-state index in [0.29, 0.717) is 13.0 Å². The van der Waals surface area contributed by atoms with Crippen LogP contribution in [0.4, 0.5) is 0 Å². The molecular formula is C9H10N2O5S. The largest absolute Gasteiger partial charge is 0.478 e. The number of aromatic carboxylic acids is 1. The summed E-state index contributed by atoms with van der Waals surface area (Å²) in [4.78, 5) is 19.2. The first-order chi connectivity index (χ1) is 8.01. The fourth-order valence-corrected chi connectivity index (χ4v) is 2.60. The minimum absolute atomic E-state index is 0.0636. The summed E-state index contributed by atoms with van der Waals surface area (Å²) in [5.41, 5.74) is -0.0636. The van der Waals surface area contributed by atoms with Gasteiger partial charge in [0.15, 0.2) is 5.03 Å². The lowest BCUT2D eigenvalue weighted by molar-refractivity contribution is -0.0286. The number of hydrogen-bond donors (Lipinski definition) is 1. The summed E-state index contributed by atoms with van der Waals surface area (Å²) in [7, 11) is -3.77. The zero-order valence-electron chi connectivity index (χ0n) is 8.74. The van der Waals surface area contributed by atoms with E-state index in [-0.39, 0.29) is 17.1 Å². The second-order valence-corrected chi connectivity index (χ2v) is 5.18. The lowest BCUT2D eigenvalue weighted by atomic mass is 10.3. The Hall–Kier alpha value is -1.51. The minimum Gasteiger partial charge on any atom is -0.478 e. The number of nitrogens with zero attached hydrogens (tertiary/aromatic N) is 2. The second-order valence-electron chi connectivity index (χ2n) is 3.41. The maximum absolute atomic E-state index is 11.9. The van der Waals surface area contributed by atoms with Crippen LogP contribution in [0.2, 0.25) is 0 Å². The van der Waals surface area contributed by atoms with Gasteiger partial charge in [0, 0.05) is 12.7 Å². The SMILES string of the molecule is O=C(O)c1ccc(S(=O)(=O)N2CCCO2)nc1. The van der Waals surface area contributed by atoms with Gasteiger partial charge >= 0.3 is 5.97 Å². The van der Waals surface area contributed by atoms with E-state index in [9.17, 15) is 13.2 Å². The van der Waals surface area contributed by atoms with E-state index in [1.165, 1.54) is 6.07 Å². The Morgan fingerprint density at radius 1 is 1.47 bits per heavy atom. The summed E-state index contributed by atoms with van der Waals surface area (Å²) in [6, 6.07) is 2.35. The average Bonchev–Trinajstić information content (AvgIpc) is 2.83. The van der Waals surface area contributed by atoms with E-state index in [2.05, 4.69) is 4.98 Å². The number of carboxylic acid groups (broad SMARTS) is 1. The van der Waals surface area contributed by atoms with Crippen molar-refractivity contribution >= 4 is 16.0 Å². The maximum Gasteiger partial charge on any atom is 0.337 e. The van der Waals surface area contributed by atoms with Crippen molar-refractivity contribution < 1.29 is 23.2 Å². The van der Waals surface area contributed by atoms with Crippen molar-refractivity contribution in [3.05, 3.63) is 23.9 Å². The predicted octanol–water partition coefficient (Wildman–Crippen LogP) is 0.106. The Bertz CT molecular complexity index is 519. The van der Waals surface area contributed by atoms with Crippen molar-refractivity contribution in [2.75, 3.05) is 13.2 Å². The third-order valence-corrected chi connectivity index (χ3v) is 3.83. The van der Waals surface area contributed by atoms with Gasteiger partial charge in [-0.25, -0.2) is 18.2 Å². The molecule has 1 N–H and O–H groups in total. The molecule has 0 aliphatic carbocycles. The Morgan fingerprint density at radius 3 is 2.71 bits per heavy atom. The van der Waals surface area contributed by atoms with Crippen molar-refractivity contribution in [3.63, 3.8) is 0 Å². The zero-order chi connectivity index (χ0) is 12.5. The molecule has 8 heteroatoms. The predicted molar refractivity (Wildman–Crippen MR) is 55.7 cm³/mol. The maximum atomic E-state index is 11.9. The molecule has 1 aromatic rings. The summed E-state index contributed by atoms with van der Waals surface area (Å²) >= 11 is 0. The average molecular weight is 258 g/mol. The third kappa shape index (κ3) is 2.28. The summed E-state index contributed by atoms with van der Waals surface area (Å²) in [5.74, 6) is -1.15. The summed E-state index contributed by atoms with van der Waals surface area (Å²) < 4.78 is 24.7. The van der Waals surface area contributed by atoms with Crippen LogP contribution in [0.15, 0.2) is 23.4 Å². The molecule has 1 aromatic heterocycles. The monoisotopic (exact) mass is 258 g/mol. The van der Waals surface area contributed by atoms with Crippen molar-refractivity contribution in [3.8, 4) is 0 Å². The summed E-state index contributed by atoms with van der Waals surface area (Å²) in [5, 5.41) is 8.45. The molecule has 0 unspecified atom stereocenters. The van der Waals surface area contributed by atoms with E-state index in [1.807, 2.05) is 0 Å². The third-order valence-electron chi connectivity index (χ3n) is 2.24. The van der Waals surface area contributed by atoms with E-state index < -0.39 is 16.0 Å². The van der Waals surface area contributed by atoms with Gasteiger partial charge in [0.05, 0.1) is 12.2 Å². The van der Waals surface area contributed by atoms with Gasteiger partial charge in [-0.05, 0) is 18.6 Å². The van der Waals surface area contributed by atoms with E-state index in [0.717, 1.165) is 16.7 Å². The number of sulfonamides is 1. The van der Waals surface area contributed by atoms with Gasteiger partial charge in [-0.15, -0.1) is 0 Å². The Morgan fingerprint density at radius 2 is 2.24 bits per heavy atom. The number of pyridine rings is 1. The number of carboxylic acids is 1. The molecular weight excluding hydrogens is 248 g/mol. The fraction of sp³-hybridized carbons (Fsp3) is 0.333. The zero-order valence-corrected chi connectivity index (χ0v) is 9.55. The molecule has 1 saturated heterocycles. The molecule has 0 saturated carbocycles. The van der Waals surface area contributed by atoms with Crippen LogP contribution in [-0.2, 0) is 14.9 Å². The highest BCUT2D eigenvalue weighted by Gasteiger charge is 2.29. The standard InChI is InChI=1S/C9H10N2O5S/c12-9(13)7-2-3-8(10-6-7)17(14,15)11-4-1-5-16-11/h2-3,6H,1,4-5H2,(H,12,13). The number of hydroxylamine groups is 1. The number of aromatic nitrogens is 1. The molecule has 7 nitrogen and oxygen atoms in total. The van der Waals surface area contributed by atoms with Crippen LogP contribution < -0.4 is 0 Å². The van der Waals surface area contributed by atoms with Gasteiger partial charge in [0.25, 0.3) is 10.0 Å². The van der Waals surface area contributed by atoms with Crippen LogP contribution in [0.3, 0.4) is 0 Å². The van der Waals surface area contributed by atoms with E-state index in [4.69, 9.17) is 9.94 Å². The number of carbonyl (C=O) groups is 1. The van der Waals surface area contributed by atoms with Gasteiger partial charge in [-0.3, -0.25) is 4.84 Å². The summed E-state index contributed by atoms with van der Waals surface area (Å²) in [6.45, 7) is 0.636. The molecule has 1 fully saturated rings. The minimum atomic E-state index is -3.77. The fourth-order valence-electron chi connectivity index (χ4n) is 1.38. The molecule has 1 aliphatic heterocycles. The van der Waals surface area contributed by atoms with E-state index >= 15 is 0 Å². The normalized spacial score (nSPS) is 17.2. The Labute approximate surface area is 97.6 Å². The Kier molecular flexibility index (Phi) is 3.09. The van der Waals surface area contributed by atoms with Gasteiger partial charge in [0.1, 0.15) is 0 Å². The van der Waals surface area contributed by atoms with Crippen LogP contribution in [0.25, 0.3) is 0 Å². The van der Waals surface area contributed by atoms with Crippen LogP contribution in [-0.4, -0.2) is 42.1 Å². The smallest absolute Gasteiger partial charge is 0.337 e. The highest BCUT2D eigenvalue weighted by Crippen LogP contribution is 2.18. The second kappa shape index (κ2) is 4.40. The van der Waals surface area contributed by atoms with Crippen molar-refractivity contribution in [1.29, 1.82) is 0 Å². The highest BCUT2D eigenvalue weighted by molar-refractivity contribution is 7.88. The van der Waals surface area contributed by atoms with Gasteiger partial charge in [-0.2, -0.15) is 0 Å². The Balaban J connectivity index is 2.30. The first kappa shape index (κ1) is 12.0. The molecule has 0 amide bonds. The molecule has 17 heavy (non-hydrogen) atoms. The molecule has 0 radical (unpaired) electrons. The van der Waals surface area contributed by atoms with Crippen LogP contribution in [0, 0.1) is 0 Å². The van der Waals surface area contributed by atoms with Gasteiger partial charge in [0.2, 0.25) is 0 Å². The number of rotatable bonds is 3. The highest BCUT2D eigenvalue weighted by atomic mass is 32.2. The molecule has 0 aromatic carbocycles. The topological polar surface area (TPSA) is 96.8 Å². The number of hydrogen-bond acceptors (Lipinski definition) is 5. The van der Waals surface area contributed by atoms with Crippen molar-refractivity contribution in [1.82, 2.24) is 9.45 Å². The molecule has 2 rings (SSSR count). The van der Waals surface area contributed by atoms with Gasteiger partial charge < -0.3 is 5.11 Å². The van der Waals surface area contributed by atoms with Crippen LogP contribution in [0.1, 0.15) is 16.8 Å².